The van der Waals surface area contributed by atoms with Crippen molar-refractivity contribution >= 4 is 36.8 Å². The van der Waals surface area contributed by atoms with Gasteiger partial charge in [-0.3, -0.25) is 4.79 Å². The number of benzene rings is 1. The molecule has 0 aliphatic rings. The molecular weight excluding hydrogens is 230 g/mol. The van der Waals surface area contributed by atoms with E-state index in [1.54, 1.807) is 18.2 Å². The van der Waals surface area contributed by atoms with Crippen molar-refractivity contribution in [3.05, 3.63) is 33.8 Å². The van der Waals surface area contributed by atoms with Crippen LogP contribution in [0.1, 0.15) is 24.2 Å². The molecule has 0 bridgehead atoms. The average molecular weight is 243 g/mol. The Labute approximate surface area is 101 Å². The molecule has 0 radical (unpaired) electrons. The Hall–Kier alpha value is -0.465. The van der Waals surface area contributed by atoms with Crippen molar-refractivity contribution in [2.45, 2.75) is 19.7 Å². The zero-order valence-corrected chi connectivity index (χ0v) is 10.6. The fraction of sp³-hybridized carbons (Fsp3) is 0.364. The third kappa shape index (κ3) is 2.99. The molecule has 1 aromatic carbocycles. The van der Waals surface area contributed by atoms with Crippen molar-refractivity contribution in [1.82, 2.24) is 0 Å². The largest absolute Gasteiger partial charge is 0.295 e. The minimum absolute atomic E-state index is 0.0244. The van der Waals surface area contributed by atoms with Crippen molar-refractivity contribution in [2.24, 2.45) is 5.92 Å². The molecule has 0 heterocycles. The Kier molecular flexibility index (Phi) is 4.24. The van der Waals surface area contributed by atoms with Crippen LogP contribution in [0.25, 0.3) is 0 Å². The first kappa shape index (κ1) is 12.6. The minimum atomic E-state index is -0.0244. The van der Waals surface area contributed by atoms with Crippen LogP contribution in [-0.4, -0.2) is 13.6 Å². The first-order valence-electron chi connectivity index (χ1n) is 4.92. The third-order valence-corrected chi connectivity index (χ3v) is 3.16. The number of Topliss-reactive ketones (excluding diaryl/α,β-unsaturated/α-hetero) is 1. The first-order chi connectivity index (χ1) is 6.93. The highest BCUT2D eigenvalue weighted by Gasteiger charge is 2.20. The summed E-state index contributed by atoms with van der Waals surface area (Å²) in [6.45, 7) is 4.04. The first-order valence-corrected chi connectivity index (χ1v) is 5.68. The van der Waals surface area contributed by atoms with Crippen LogP contribution >= 0.6 is 23.2 Å². The van der Waals surface area contributed by atoms with E-state index in [2.05, 4.69) is 0 Å². The lowest BCUT2D eigenvalue weighted by atomic mass is 9.73. The summed E-state index contributed by atoms with van der Waals surface area (Å²) in [5.41, 5.74) is 0.558. The maximum atomic E-state index is 12.0. The number of rotatable bonds is 3. The summed E-state index contributed by atoms with van der Waals surface area (Å²) in [7, 11) is 1.91. The van der Waals surface area contributed by atoms with Gasteiger partial charge in [-0.25, -0.2) is 0 Å². The smallest absolute Gasteiger partial charge is 0.159 e. The number of hydrogen-bond acceptors (Lipinski definition) is 1. The van der Waals surface area contributed by atoms with Gasteiger partial charge in [0.2, 0.25) is 0 Å². The van der Waals surface area contributed by atoms with E-state index in [4.69, 9.17) is 23.2 Å². The van der Waals surface area contributed by atoms with Gasteiger partial charge < -0.3 is 0 Å². The van der Waals surface area contributed by atoms with Crippen LogP contribution < -0.4 is 0 Å². The number of carbonyl (C=O) groups is 1. The highest BCUT2D eigenvalue weighted by Crippen LogP contribution is 2.26. The lowest BCUT2D eigenvalue weighted by Gasteiger charge is -2.15. The Morgan fingerprint density at radius 1 is 1.33 bits per heavy atom. The molecule has 1 atom stereocenters. The Morgan fingerprint density at radius 2 is 1.93 bits per heavy atom. The van der Waals surface area contributed by atoms with E-state index in [-0.39, 0.29) is 11.6 Å². The molecule has 0 aliphatic carbocycles. The summed E-state index contributed by atoms with van der Waals surface area (Å²) in [5.74, 6) is 0.361. The Morgan fingerprint density at radius 3 is 2.40 bits per heavy atom. The Bertz CT molecular complexity index is 377. The molecule has 0 saturated carbocycles. The molecular formula is C11H13BCl2O. The Balaban J connectivity index is 3.01. The molecule has 1 rings (SSSR count). The molecule has 1 unspecified atom stereocenters. The van der Waals surface area contributed by atoms with Gasteiger partial charge in [0.15, 0.2) is 5.78 Å². The molecule has 80 valence electrons. The second-order valence-corrected chi connectivity index (χ2v) is 4.86. The number of ketones is 1. The van der Waals surface area contributed by atoms with Crippen LogP contribution in [0.2, 0.25) is 15.9 Å². The topological polar surface area (TPSA) is 17.1 Å². The second kappa shape index (κ2) is 5.04. The van der Waals surface area contributed by atoms with E-state index < -0.39 is 0 Å². The fourth-order valence-corrected chi connectivity index (χ4v) is 1.74. The molecule has 4 heteroatoms. The lowest BCUT2D eigenvalue weighted by Crippen LogP contribution is -2.15. The van der Waals surface area contributed by atoms with E-state index >= 15 is 0 Å². The summed E-state index contributed by atoms with van der Waals surface area (Å²) < 4.78 is 0. The predicted molar refractivity (Wildman–Crippen MR) is 67.9 cm³/mol. The van der Waals surface area contributed by atoms with Gasteiger partial charge in [0.1, 0.15) is 7.85 Å². The van der Waals surface area contributed by atoms with Crippen LogP contribution in [0, 0.1) is 5.92 Å². The summed E-state index contributed by atoms with van der Waals surface area (Å²) in [6.07, 6.45) is 0. The minimum Gasteiger partial charge on any atom is -0.295 e. The molecule has 0 aliphatic heterocycles. The van der Waals surface area contributed by atoms with Crippen molar-refractivity contribution in [3.8, 4) is 0 Å². The van der Waals surface area contributed by atoms with E-state index in [9.17, 15) is 4.79 Å². The lowest BCUT2D eigenvalue weighted by molar-refractivity contribution is 0.0969. The molecule has 1 nitrogen and oxygen atoms in total. The highest BCUT2D eigenvalue weighted by molar-refractivity contribution is 6.38. The van der Waals surface area contributed by atoms with E-state index in [1.807, 2.05) is 21.7 Å². The maximum Gasteiger partial charge on any atom is 0.159 e. The summed E-state index contributed by atoms with van der Waals surface area (Å²) in [5, 5.41) is 0.980. The standard InChI is InChI=1S/C11H13BCl2O/c1-6(2)10(12)11(15)8-4-3-7(13)5-9(8)14/h3-6,10H,12H2,1-2H3. The van der Waals surface area contributed by atoms with Crippen LogP contribution in [-0.2, 0) is 0 Å². The second-order valence-electron chi connectivity index (χ2n) is 4.02. The van der Waals surface area contributed by atoms with Crippen molar-refractivity contribution in [2.75, 3.05) is 0 Å². The third-order valence-electron chi connectivity index (χ3n) is 2.61. The molecule has 0 saturated heterocycles. The SMILES string of the molecule is BC(C(=O)c1ccc(Cl)cc1Cl)C(C)C. The molecule has 0 amide bonds. The average Bonchev–Trinajstić information content (AvgIpc) is 2.15. The van der Waals surface area contributed by atoms with Crippen molar-refractivity contribution in [3.63, 3.8) is 0 Å². The van der Waals surface area contributed by atoms with Gasteiger partial charge in [-0.2, -0.15) is 0 Å². The highest BCUT2D eigenvalue weighted by atomic mass is 35.5. The van der Waals surface area contributed by atoms with Gasteiger partial charge in [-0.05, 0) is 29.9 Å². The van der Waals surface area contributed by atoms with Gasteiger partial charge in [-0.15, -0.1) is 0 Å². The number of hydrogen-bond donors (Lipinski definition) is 0. The van der Waals surface area contributed by atoms with Gasteiger partial charge in [0, 0.05) is 10.6 Å². The fourth-order valence-electron chi connectivity index (χ4n) is 1.24. The predicted octanol–water partition coefficient (Wildman–Crippen LogP) is 3.25. The van der Waals surface area contributed by atoms with Gasteiger partial charge in [0.05, 0.1) is 5.02 Å². The molecule has 0 spiro atoms. The van der Waals surface area contributed by atoms with Crippen LogP contribution in [0.15, 0.2) is 18.2 Å². The van der Waals surface area contributed by atoms with Crippen LogP contribution in [0.4, 0.5) is 0 Å². The molecule has 1 aromatic rings. The van der Waals surface area contributed by atoms with Gasteiger partial charge >= 0.3 is 0 Å². The summed E-state index contributed by atoms with van der Waals surface area (Å²) in [4.78, 5) is 12.0. The van der Waals surface area contributed by atoms with Crippen molar-refractivity contribution in [1.29, 1.82) is 0 Å². The molecule has 0 N–H and O–H groups in total. The zero-order valence-electron chi connectivity index (χ0n) is 9.05. The molecule has 0 fully saturated rings. The van der Waals surface area contributed by atoms with Gasteiger partial charge in [0.25, 0.3) is 0 Å². The normalized spacial score (nSPS) is 12.9. The molecule has 15 heavy (non-hydrogen) atoms. The van der Waals surface area contributed by atoms with E-state index in [0.717, 1.165) is 0 Å². The van der Waals surface area contributed by atoms with Crippen LogP contribution in [0.5, 0.6) is 0 Å². The quantitative estimate of drug-likeness (QED) is 0.588. The molecule has 0 aromatic heterocycles. The summed E-state index contributed by atoms with van der Waals surface area (Å²) >= 11 is 11.7. The van der Waals surface area contributed by atoms with Crippen LogP contribution in [0.3, 0.4) is 0 Å². The van der Waals surface area contributed by atoms with E-state index in [0.29, 0.717) is 21.5 Å². The monoisotopic (exact) mass is 242 g/mol. The van der Waals surface area contributed by atoms with E-state index in [1.165, 1.54) is 0 Å². The number of halogens is 2. The van der Waals surface area contributed by atoms with Gasteiger partial charge in [-0.1, -0.05) is 37.0 Å². The van der Waals surface area contributed by atoms with Crippen molar-refractivity contribution < 1.29 is 4.79 Å². The zero-order chi connectivity index (χ0) is 11.6. The summed E-state index contributed by atoms with van der Waals surface area (Å²) in [6, 6.07) is 4.98. The number of carbonyl (C=O) groups excluding carboxylic acids is 1. The maximum absolute atomic E-state index is 12.0.